The molecular weight excluding hydrogens is 490 g/mol. The summed E-state index contributed by atoms with van der Waals surface area (Å²) in [6.45, 7) is 19.3. The molecule has 3 nitrogen and oxygen atoms in total. The van der Waals surface area contributed by atoms with Crippen LogP contribution in [0.5, 0.6) is 0 Å². The second-order valence-electron chi connectivity index (χ2n) is 16.4. The van der Waals surface area contributed by atoms with Crippen LogP contribution in [0.1, 0.15) is 112 Å². The molecule has 0 radical (unpaired) electrons. The van der Waals surface area contributed by atoms with Crippen molar-refractivity contribution in [2.45, 2.75) is 125 Å². The van der Waals surface area contributed by atoms with Crippen molar-refractivity contribution >= 4 is 0 Å². The van der Waals surface area contributed by atoms with Crippen LogP contribution in [0.15, 0.2) is 30.3 Å². The molecule has 0 bridgehead atoms. The molecule has 1 unspecified atom stereocenters. The van der Waals surface area contributed by atoms with Gasteiger partial charge in [0.05, 0.1) is 37.4 Å². The van der Waals surface area contributed by atoms with Crippen LogP contribution in [0, 0.1) is 68.5 Å². The molecule has 1 aromatic carbocycles. The number of ether oxygens (including phenoxy) is 2. The maximum Gasteiger partial charge on any atom is 0.0767 e. The molecule has 1 aromatic rings. The summed E-state index contributed by atoms with van der Waals surface area (Å²) in [5.41, 5.74) is 2.18. The Morgan fingerprint density at radius 2 is 1.65 bits per heavy atom. The second kappa shape index (κ2) is 9.84. The van der Waals surface area contributed by atoms with Crippen LogP contribution in [0.4, 0.5) is 0 Å². The highest BCUT2D eigenvalue weighted by atomic mass is 16.5. The summed E-state index contributed by atoms with van der Waals surface area (Å²) < 4.78 is 13.7. The van der Waals surface area contributed by atoms with Gasteiger partial charge in [0.1, 0.15) is 0 Å². The molecule has 3 heteroatoms. The van der Waals surface area contributed by atoms with Gasteiger partial charge in [-0.3, -0.25) is 0 Å². The van der Waals surface area contributed by atoms with Crippen molar-refractivity contribution in [3.63, 3.8) is 0 Å². The van der Waals surface area contributed by atoms with Crippen molar-refractivity contribution in [3.05, 3.63) is 35.9 Å². The lowest BCUT2D eigenvalue weighted by molar-refractivity contribution is -0.244. The number of nitrogens with zero attached hydrogens (tertiary/aromatic N) is 1. The minimum atomic E-state index is -0.119. The molecule has 1 aliphatic heterocycles. The first-order chi connectivity index (χ1) is 18.9. The summed E-state index contributed by atoms with van der Waals surface area (Å²) in [7, 11) is 0. The van der Waals surface area contributed by atoms with E-state index < -0.39 is 0 Å². The molecule has 4 aliphatic carbocycles. The van der Waals surface area contributed by atoms with Gasteiger partial charge in [-0.15, -0.1) is 0 Å². The summed E-state index contributed by atoms with van der Waals surface area (Å²) in [5.74, 6) is 4.18. The minimum Gasteiger partial charge on any atom is -0.376 e. The molecule has 5 fully saturated rings. The van der Waals surface area contributed by atoms with E-state index in [2.05, 4.69) is 84.9 Å². The van der Waals surface area contributed by atoms with Gasteiger partial charge >= 0.3 is 0 Å². The molecule has 1 saturated heterocycles. The average molecular weight is 546 g/mol. The Morgan fingerprint density at radius 1 is 0.900 bits per heavy atom. The molecule has 0 N–H and O–H groups in total. The maximum absolute atomic E-state index is 9.62. The van der Waals surface area contributed by atoms with Crippen molar-refractivity contribution in [2.75, 3.05) is 6.61 Å². The predicted octanol–water partition coefficient (Wildman–Crippen LogP) is 9.21. The summed E-state index contributed by atoms with van der Waals surface area (Å²) in [6, 6.07) is 13.2. The number of rotatable bonds is 6. The van der Waals surface area contributed by atoms with Crippen LogP contribution in [-0.4, -0.2) is 18.3 Å². The number of benzene rings is 1. The zero-order valence-electron chi connectivity index (χ0n) is 26.5. The molecule has 0 aromatic heterocycles. The van der Waals surface area contributed by atoms with Crippen molar-refractivity contribution < 1.29 is 9.47 Å². The van der Waals surface area contributed by atoms with E-state index in [0.717, 1.165) is 36.9 Å². The fraction of sp³-hybridized carbons (Fsp3) is 0.811. The molecule has 6 rings (SSSR count). The molecule has 0 spiro atoms. The Balaban J connectivity index is 1.30. The van der Waals surface area contributed by atoms with Gasteiger partial charge in [-0.25, -0.2) is 0 Å². The topological polar surface area (TPSA) is 42.2 Å². The van der Waals surface area contributed by atoms with Gasteiger partial charge in [0, 0.05) is 0 Å². The average Bonchev–Trinajstić information content (AvgIpc) is 3.38. The summed E-state index contributed by atoms with van der Waals surface area (Å²) >= 11 is 0. The van der Waals surface area contributed by atoms with Gasteiger partial charge in [-0.1, -0.05) is 71.9 Å². The normalized spacial score (nSPS) is 47.2. The van der Waals surface area contributed by atoms with E-state index in [4.69, 9.17) is 9.47 Å². The standard InChI is InChI=1S/C37H55NO2/c1-25(2)27-15-19-37(24-39-23-26-11-9-8-10-12-26)21-20-34(5)28(32(27)37)13-14-30-35(34,6)18-16-29-33(3,4)31(17-22-38)40-36(29,30)7/h8-12,25,27-32H,13-21,23-24H2,1-7H3/t27-,28+,29-,30-,31?,32+,34+,35+,36-,37+/m0/s1. The van der Waals surface area contributed by atoms with Crippen molar-refractivity contribution in [1.29, 1.82) is 5.26 Å². The lowest BCUT2D eigenvalue weighted by atomic mass is 9.35. The third kappa shape index (κ3) is 3.94. The summed E-state index contributed by atoms with van der Waals surface area (Å²) in [5, 5.41) is 9.62. The van der Waals surface area contributed by atoms with Crippen LogP contribution in [0.3, 0.4) is 0 Å². The number of hydrogen-bond donors (Lipinski definition) is 0. The fourth-order valence-corrected chi connectivity index (χ4v) is 12.3. The molecule has 220 valence electrons. The van der Waals surface area contributed by atoms with E-state index in [0.29, 0.717) is 29.1 Å². The van der Waals surface area contributed by atoms with E-state index in [1.807, 2.05) is 0 Å². The quantitative estimate of drug-likeness (QED) is 0.358. The van der Waals surface area contributed by atoms with Gasteiger partial charge in [0.25, 0.3) is 0 Å². The summed E-state index contributed by atoms with van der Waals surface area (Å²) in [4.78, 5) is 0. The van der Waals surface area contributed by atoms with Gasteiger partial charge in [-0.05, 0) is 121 Å². The first-order valence-electron chi connectivity index (χ1n) is 16.6. The van der Waals surface area contributed by atoms with Gasteiger partial charge in [-0.2, -0.15) is 5.26 Å². The van der Waals surface area contributed by atoms with E-state index in [1.165, 1.54) is 56.9 Å². The van der Waals surface area contributed by atoms with Crippen LogP contribution in [0.25, 0.3) is 0 Å². The number of hydrogen-bond acceptors (Lipinski definition) is 3. The third-order valence-corrected chi connectivity index (χ3v) is 14.5. The van der Waals surface area contributed by atoms with E-state index in [9.17, 15) is 5.26 Å². The van der Waals surface area contributed by atoms with Gasteiger partial charge in [0.2, 0.25) is 0 Å². The zero-order valence-corrected chi connectivity index (χ0v) is 26.5. The maximum atomic E-state index is 9.62. The number of nitriles is 1. The Morgan fingerprint density at radius 3 is 2.35 bits per heavy atom. The lowest BCUT2D eigenvalue weighted by Gasteiger charge is -2.70. The van der Waals surface area contributed by atoms with Crippen LogP contribution >= 0.6 is 0 Å². The first kappa shape index (κ1) is 28.7. The SMILES string of the molecule is CC(C)[C@@H]1CC[C@]2(COCc3ccccc3)CC[C@]3(C)[C@H](CC[C@@H]4[C@@]5(C)OC(CC#N)C(C)(C)[C@@H]5CC[C@]43C)[C@@H]12. The van der Waals surface area contributed by atoms with E-state index in [-0.39, 0.29) is 22.5 Å². The van der Waals surface area contributed by atoms with Crippen molar-refractivity contribution in [1.82, 2.24) is 0 Å². The fourth-order valence-electron chi connectivity index (χ4n) is 12.3. The molecule has 10 atom stereocenters. The number of fused-ring (bicyclic) bond motifs is 7. The monoisotopic (exact) mass is 545 g/mol. The molecule has 40 heavy (non-hydrogen) atoms. The second-order valence-corrected chi connectivity index (χ2v) is 16.4. The van der Waals surface area contributed by atoms with Crippen LogP contribution in [0.2, 0.25) is 0 Å². The Kier molecular flexibility index (Phi) is 7.07. The smallest absolute Gasteiger partial charge is 0.0767 e. The van der Waals surface area contributed by atoms with E-state index >= 15 is 0 Å². The molecule has 5 aliphatic rings. The highest BCUT2D eigenvalue weighted by Gasteiger charge is 2.72. The molecule has 1 heterocycles. The predicted molar refractivity (Wildman–Crippen MR) is 161 cm³/mol. The summed E-state index contributed by atoms with van der Waals surface area (Å²) in [6.07, 6.45) is 11.1. The Bertz CT molecular complexity index is 1120. The third-order valence-electron chi connectivity index (χ3n) is 14.5. The van der Waals surface area contributed by atoms with Gasteiger partial charge in [0.15, 0.2) is 0 Å². The Labute approximate surface area is 244 Å². The molecule has 4 saturated carbocycles. The lowest BCUT2D eigenvalue weighted by Crippen LogP contribution is -2.66. The largest absolute Gasteiger partial charge is 0.376 e. The van der Waals surface area contributed by atoms with E-state index in [1.54, 1.807) is 0 Å². The van der Waals surface area contributed by atoms with Crippen LogP contribution < -0.4 is 0 Å². The Hall–Kier alpha value is -1.37. The van der Waals surface area contributed by atoms with Crippen LogP contribution in [-0.2, 0) is 16.1 Å². The highest BCUT2D eigenvalue weighted by molar-refractivity contribution is 5.21. The van der Waals surface area contributed by atoms with Gasteiger partial charge < -0.3 is 9.47 Å². The van der Waals surface area contributed by atoms with Crippen molar-refractivity contribution in [2.24, 2.45) is 57.2 Å². The highest BCUT2D eigenvalue weighted by Crippen LogP contribution is 2.76. The molecular formula is C37H55NO2. The van der Waals surface area contributed by atoms with Crippen molar-refractivity contribution in [3.8, 4) is 6.07 Å². The first-order valence-corrected chi connectivity index (χ1v) is 16.6. The zero-order chi connectivity index (χ0) is 28.6. The molecule has 0 amide bonds. The minimum absolute atomic E-state index is 0.0568.